The smallest absolute Gasteiger partial charge is 0.348 e. The lowest BCUT2D eigenvalue weighted by atomic mass is 9.93. The minimum atomic E-state index is -1.44. The highest BCUT2D eigenvalue weighted by molar-refractivity contribution is 14.1. The Morgan fingerprint density at radius 2 is 1.75 bits per heavy atom. The molecule has 7 aromatic rings. The van der Waals surface area contributed by atoms with Crippen LogP contribution >= 0.6 is 22.6 Å². The number of H-pyrrole nitrogens is 1. The molecule has 0 spiro atoms. The summed E-state index contributed by atoms with van der Waals surface area (Å²) in [6.45, 7) is 4.40. The van der Waals surface area contributed by atoms with Crippen LogP contribution in [0.15, 0.2) is 81.5 Å². The Morgan fingerprint density at radius 3 is 2.48 bits per heavy atom. The number of hydrogen-bond acceptors (Lipinski definition) is 12. The zero-order valence-corrected chi connectivity index (χ0v) is 38.7. The van der Waals surface area contributed by atoms with E-state index in [1.165, 1.54) is 29.8 Å². The molecule has 1 atom stereocenters. The largest absolute Gasteiger partial charge is 0.508 e. The number of hydrogen-bond donors (Lipinski definition) is 5. The molecule has 67 heavy (non-hydrogen) atoms. The van der Waals surface area contributed by atoms with E-state index >= 15 is 4.39 Å². The van der Waals surface area contributed by atoms with Crippen LogP contribution < -0.4 is 22.1 Å². The molecule has 0 bridgehead atoms. The maximum atomic E-state index is 15.3. The van der Waals surface area contributed by atoms with Crippen LogP contribution in [0.1, 0.15) is 51.0 Å². The summed E-state index contributed by atoms with van der Waals surface area (Å²) in [5, 5.41) is 41.5. The van der Waals surface area contributed by atoms with E-state index in [0.717, 1.165) is 45.6 Å². The highest BCUT2D eigenvalue weighted by Gasteiger charge is 2.27. The summed E-state index contributed by atoms with van der Waals surface area (Å²) in [6.07, 6.45) is 3.32. The molecule has 350 valence electrons. The van der Waals surface area contributed by atoms with Gasteiger partial charge in [0.1, 0.15) is 48.2 Å². The fourth-order valence-corrected chi connectivity index (χ4v) is 8.86. The number of ether oxygens (including phenoxy) is 1. The Labute approximate surface area is 393 Å². The van der Waals surface area contributed by atoms with Gasteiger partial charge in [-0.05, 0) is 108 Å². The van der Waals surface area contributed by atoms with Gasteiger partial charge in [0, 0.05) is 53.4 Å². The van der Waals surface area contributed by atoms with Crippen molar-refractivity contribution in [2.24, 2.45) is 13.0 Å². The number of carbonyl (C=O) groups is 2. The van der Waals surface area contributed by atoms with E-state index < -0.39 is 71.7 Å². The standard InChI is InChI=1S/C46H46F2IN9O9/c1-24(2)30-18-31(36(61)19-35(30)60)42-52-53-46(66)58(42)28-5-7-34-26(16-28)11-15-55(34)12-8-25-9-13-56(14-10-25)37(62)20-38(63)67-22-29(59)21-57-23-50-43-39(44(57)64)41(40(48)45(65)54(43)3)51-33-6-4-27(49)17-32(33)47/h4-7,11,15-19,23-25,29,51,59-61H,8-10,12-14,20-22H2,1-3H3,(H,53,66). The molecule has 0 saturated carbocycles. The summed E-state index contributed by atoms with van der Waals surface area (Å²) in [5.41, 5.74) is -1.01. The van der Waals surface area contributed by atoms with Gasteiger partial charge in [-0.15, -0.1) is 0 Å². The van der Waals surface area contributed by atoms with Crippen LogP contribution in [-0.4, -0.2) is 91.3 Å². The third-order valence-electron chi connectivity index (χ3n) is 12.1. The summed E-state index contributed by atoms with van der Waals surface area (Å²) in [5.74, 6) is -3.16. The number of phenols is 2. The first-order valence-electron chi connectivity index (χ1n) is 21.4. The summed E-state index contributed by atoms with van der Waals surface area (Å²) in [6, 6.07) is 14.5. The lowest BCUT2D eigenvalue weighted by Gasteiger charge is -2.32. The molecular weight excluding hydrogens is 987 g/mol. The number of aryl methyl sites for hydroxylation is 2. The first kappa shape index (κ1) is 46.6. The minimum absolute atomic E-state index is 0.0427. The van der Waals surface area contributed by atoms with Crippen LogP contribution in [0, 0.1) is 21.1 Å². The van der Waals surface area contributed by atoms with Crippen molar-refractivity contribution in [3.8, 4) is 28.6 Å². The van der Waals surface area contributed by atoms with E-state index in [4.69, 9.17) is 4.74 Å². The number of amides is 1. The van der Waals surface area contributed by atoms with Gasteiger partial charge in [0.25, 0.3) is 11.1 Å². The van der Waals surface area contributed by atoms with E-state index in [9.17, 15) is 43.7 Å². The molecule has 18 nitrogen and oxygen atoms in total. The fourth-order valence-electron chi connectivity index (χ4n) is 8.41. The van der Waals surface area contributed by atoms with Crippen LogP contribution in [0.4, 0.5) is 20.2 Å². The van der Waals surface area contributed by atoms with Crippen molar-refractivity contribution in [2.75, 3.05) is 25.0 Å². The van der Waals surface area contributed by atoms with Gasteiger partial charge < -0.3 is 34.8 Å². The number of rotatable bonds is 14. The SMILES string of the molecule is CC(C)c1cc(-c2n[nH]c(=O)n2-c2ccc3c(ccn3CCC3CCN(C(=O)CC(=O)OCC(O)Cn4cnc5c(c(Nc6ccc(I)cc6F)c(F)c(=O)n5C)c4=O)CC3)c2)c(O)cc1O. The maximum absolute atomic E-state index is 15.3. The predicted octanol–water partition coefficient (Wildman–Crippen LogP) is 5.38. The molecule has 0 radical (unpaired) electrons. The van der Waals surface area contributed by atoms with E-state index in [2.05, 4.69) is 25.1 Å². The van der Waals surface area contributed by atoms with Gasteiger partial charge in [-0.1, -0.05) is 13.8 Å². The summed E-state index contributed by atoms with van der Waals surface area (Å²) < 4.78 is 41.1. The van der Waals surface area contributed by atoms with Crippen molar-refractivity contribution < 1.29 is 38.4 Å². The molecule has 3 aromatic carbocycles. The number of nitrogens with one attached hydrogen (secondary N) is 2. The summed E-state index contributed by atoms with van der Waals surface area (Å²) >= 11 is 1.90. The number of aliphatic hydroxyl groups excluding tert-OH is 1. The Balaban J connectivity index is 0.830. The van der Waals surface area contributed by atoms with Crippen LogP contribution in [0.3, 0.4) is 0 Å². The number of aromatic amines is 1. The van der Waals surface area contributed by atoms with Gasteiger partial charge in [-0.3, -0.25) is 28.3 Å². The third-order valence-corrected chi connectivity index (χ3v) is 12.7. The molecule has 0 aliphatic carbocycles. The number of fused-ring (bicyclic) bond motifs is 2. The van der Waals surface area contributed by atoms with Gasteiger partial charge in [0.2, 0.25) is 11.7 Å². The molecular formula is C46H46F2IN9O9. The second kappa shape index (κ2) is 19.1. The lowest BCUT2D eigenvalue weighted by molar-refractivity contribution is -0.152. The van der Waals surface area contributed by atoms with E-state index in [-0.39, 0.29) is 40.0 Å². The number of nitrogens with zero attached hydrogens (tertiary/aromatic N) is 7. The molecule has 21 heteroatoms. The van der Waals surface area contributed by atoms with Crippen LogP contribution in [-0.2, 0) is 34.5 Å². The number of phenolic OH excluding ortho intramolecular Hbond substituents is 2. The van der Waals surface area contributed by atoms with Crippen molar-refractivity contribution in [3.05, 3.63) is 119 Å². The molecule has 1 aliphatic rings. The Morgan fingerprint density at radius 1 is 0.985 bits per heavy atom. The van der Waals surface area contributed by atoms with Crippen LogP contribution in [0.25, 0.3) is 39.0 Å². The number of esters is 1. The molecule has 1 saturated heterocycles. The third kappa shape index (κ3) is 9.55. The zero-order valence-electron chi connectivity index (χ0n) is 36.5. The van der Waals surface area contributed by atoms with E-state index in [1.54, 1.807) is 23.1 Å². The van der Waals surface area contributed by atoms with Gasteiger partial charge in [-0.25, -0.2) is 23.8 Å². The number of aromatic nitrogens is 7. The first-order valence-corrected chi connectivity index (χ1v) is 22.5. The first-order chi connectivity index (χ1) is 32.0. The minimum Gasteiger partial charge on any atom is -0.508 e. The Hall–Kier alpha value is -6.88. The number of halogens is 3. The number of carbonyl (C=O) groups excluding carboxylic acids is 2. The van der Waals surface area contributed by atoms with Crippen LogP contribution in [0.2, 0.25) is 0 Å². The van der Waals surface area contributed by atoms with Gasteiger partial charge in [0.05, 0.1) is 29.2 Å². The molecule has 1 fully saturated rings. The second-order valence-corrected chi connectivity index (χ2v) is 18.1. The number of anilines is 2. The molecule has 5 N–H and O–H groups in total. The van der Waals surface area contributed by atoms with Crippen molar-refractivity contribution in [1.82, 2.24) is 38.3 Å². The number of aliphatic hydroxyl groups is 1. The quantitative estimate of drug-likeness (QED) is 0.0526. The normalized spacial score (nSPS) is 13.8. The summed E-state index contributed by atoms with van der Waals surface area (Å²) in [4.78, 5) is 70.7. The molecule has 8 rings (SSSR count). The van der Waals surface area contributed by atoms with Gasteiger partial charge >= 0.3 is 11.7 Å². The van der Waals surface area contributed by atoms with E-state index in [1.807, 2.05) is 60.8 Å². The molecule has 4 aromatic heterocycles. The molecule has 1 amide bonds. The molecule has 1 unspecified atom stereocenters. The fraction of sp³-hybridized carbons (Fsp3) is 0.326. The topological polar surface area (TPSA) is 232 Å². The average molecular weight is 1030 g/mol. The van der Waals surface area contributed by atoms with Crippen molar-refractivity contribution in [3.63, 3.8) is 0 Å². The van der Waals surface area contributed by atoms with Gasteiger partial charge in [-0.2, -0.15) is 9.49 Å². The molecule has 1 aliphatic heterocycles. The molecule has 5 heterocycles. The number of benzene rings is 3. The van der Waals surface area contributed by atoms with E-state index in [0.29, 0.717) is 45.9 Å². The second-order valence-electron chi connectivity index (χ2n) is 16.9. The van der Waals surface area contributed by atoms with Crippen molar-refractivity contribution in [1.29, 1.82) is 0 Å². The number of aromatic hydroxyl groups is 2. The van der Waals surface area contributed by atoms with Crippen LogP contribution in [0.5, 0.6) is 11.5 Å². The Bertz CT molecular complexity index is 3240. The maximum Gasteiger partial charge on any atom is 0.348 e. The Kier molecular flexibility index (Phi) is 13.3. The highest BCUT2D eigenvalue weighted by Crippen LogP contribution is 2.38. The van der Waals surface area contributed by atoms with Crippen molar-refractivity contribution >= 4 is 67.8 Å². The van der Waals surface area contributed by atoms with Crippen molar-refractivity contribution in [2.45, 2.75) is 64.6 Å². The highest BCUT2D eigenvalue weighted by atomic mass is 127. The monoisotopic (exact) mass is 1030 g/mol. The predicted molar refractivity (Wildman–Crippen MR) is 252 cm³/mol. The summed E-state index contributed by atoms with van der Waals surface area (Å²) in [7, 11) is 1.23. The average Bonchev–Trinajstić information content (AvgIpc) is 3.89. The number of pyridine rings is 1. The lowest BCUT2D eigenvalue weighted by Crippen LogP contribution is -2.40. The van der Waals surface area contributed by atoms with Gasteiger partial charge in [0.15, 0.2) is 11.5 Å². The number of likely N-dealkylation sites (tertiary alicyclic amines) is 1. The number of piperidine rings is 1. The zero-order chi connectivity index (χ0) is 47.8.